The quantitative estimate of drug-likeness (QED) is 0.872. The van der Waals surface area contributed by atoms with Crippen LogP contribution in [-0.2, 0) is 10.0 Å². The fraction of sp³-hybridized carbons (Fsp3) is 0.389. The summed E-state index contributed by atoms with van der Waals surface area (Å²) < 4.78 is 22.7. The van der Waals surface area contributed by atoms with Gasteiger partial charge in [-0.15, -0.1) is 0 Å². The molecule has 1 fully saturated rings. The molecule has 0 bridgehead atoms. The molecular formula is C18H23N3O2S. The van der Waals surface area contributed by atoms with Crippen molar-refractivity contribution in [1.82, 2.24) is 4.98 Å². The third-order valence-corrected chi connectivity index (χ3v) is 6.07. The summed E-state index contributed by atoms with van der Waals surface area (Å²) in [7, 11) is -3.64. The van der Waals surface area contributed by atoms with Crippen molar-refractivity contribution in [1.29, 1.82) is 0 Å². The summed E-state index contributed by atoms with van der Waals surface area (Å²) in [5.41, 5.74) is 3.38. The number of hydrogen-bond donors (Lipinski definition) is 2. The summed E-state index contributed by atoms with van der Waals surface area (Å²) in [6.07, 6.45) is 1.79. The minimum absolute atomic E-state index is 0.158. The Bertz CT molecular complexity index is 845. The largest absolute Gasteiger partial charge is 0.383 e. The van der Waals surface area contributed by atoms with E-state index in [2.05, 4.69) is 24.1 Å². The van der Waals surface area contributed by atoms with Crippen molar-refractivity contribution in [3.8, 4) is 0 Å². The van der Waals surface area contributed by atoms with Gasteiger partial charge in [-0.3, -0.25) is 4.98 Å². The van der Waals surface area contributed by atoms with Crippen LogP contribution in [0, 0.1) is 18.3 Å². The van der Waals surface area contributed by atoms with E-state index in [1.54, 1.807) is 18.3 Å². The Morgan fingerprint density at radius 3 is 2.46 bits per heavy atom. The Labute approximate surface area is 143 Å². The second-order valence-corrected chi connectivity index (χ2v) is 8.60. The van der Waals surface area contributed by atoms with Gasteiger partial charge in [0.2, 0.25) is 10.0 Å². The molecule has 0 radical (unpaired) electrons. The number of aryl methyl sites for hydroxylation is 1. The highest BCUT2D eigenvalue weighted by Crippen LogP contribution is 2.64. The number of nitrogens with two attached hydrogens (primary N) is 1. The lowest BCUT2D eigenvalue weighted by Crippen LogP contribution is -2.11. The number of hydrogen-bond acceptors (Lipinski definition) is 4. The molecule has 0 aliphatic heterocycles. The van der Waals surface area contributed by atoms with Crippen LogP contribution in [-0.4, -0.2) is 19.9 Å². The number of nitrogens with one attached hydrogen (secondary N) is 1. The van der Waals surface area contributed by atoms with Crippen molar-refractivity contribution in [2.45, 2.75) is 31.6 Å². The Hall–Kier alpha value is -1.92. The van der Waals surface area contributed by atoms with Gasteiger partial charge in [0.15, 0.2) is 0 Å². The lowest BCUT2D eigenvalue weighted by Gasteiger charge is -2.09. The summed E-state index contributed by atoms with van der Waals surface area (Å²) in [6, 6.07) is 10.9. The molecule has 1 aliphatic rings. The smallest absolute Gasteiger partial charge is 0.238 e. The van der Waals surface area contributed by atoms with Gasteiger partial charge in [0.25, 0.3) is 0 Å². The number of nitrogens with zero attached hydrogens (tertiary/aromatic N) is 1. The van der Waals surface area contributed by atoms with Gasteiger partial charge in [0.1, 0.15) is 0 Å². The van der Waals surface area contributed by atoms with Crippen LogP contribution >= 0.6 is 0 Å². The fourth-order valence-corrected chi connectivity index (χ4v) is 4.06. The zero-order chi connectivity index (χ0) is 17.5. The topological polar surface area (TPSA) is 85.1 Å². The fourth-order valence-electron chi connectivity index (χ4n) is 3.54. The van der Waals surface area contributed by atoms with E-state index in [0.717, 1.165) is 23.5 Å². The summed E-state index contributed by atoms with van der Waals surface area (Å²) in [5, 5.41) is 8.65. The van der Waals surface area contributed by atoms with Crippen LogP contribution in [0.15, 0.2) is 47.5 Å². The average molecular weight is 345 g/mol. The summed E-state index contributed by atoms with van der Waals surface area (Å²) in [5.74, 6) is 0.883. The van der Waals surface area contributed by atoms with Gasteiger partial charge in [0.05, 0.1) is 16.3 Å². The first-order valence-corrected chi connectivity index (χ1v) is 9.54. The molecule has 1 aliphatic carbocycles. The highest BCUT2D eigenvalue weighted by atomic mass is 32.2. The Balaban J connectivity index is 1.72. The van der Waals surface area contributed by atoms with Gasteiger partial charge < -0.3 is 5.32 Å². The molecule has 0 spiro atoms. The van der Waals surface area contributed by atoms with Crippen LogP contribution in [0.3, 0.4) is 0 Å². The van der Waals surface area contributed by atoms with Gasteiger partial charge >= 0.3 is 0 Å². The number of benzene rings is 1. The minimum Gasteiger partial charge on any atom is -0.383 e. The van der Waals surface area contributed by atoms with E-state index < -0.39 is 10.0 Å². The summed E-state index contributed by atoms with van der Waals surface area (Å²) >= 11 is 0. The van der Waals surface area contributed by atoms with E-state index in [0.29, 0.717) is 11.8 Å². The lowest BCUT2D eigenvalue weighted by molar-refractivity contribution is 0.565. The van der Waals surface area contributed by atoms with E-state index in [1.165, 1.54) is 0 Å². The van der Waals surface area contributed by atoms with E-state index >= 15 is 0 Å². The molecule has 2 atom stereocenters. The van der Waals surface area contributed by atoms with Crippen molar-refractivity contribution in [3.05, 3.63) is 53.9 Å². The number of rotatable bonds is 5. The van der Waals surface area contributed by atoms with Crippen molar-refractivity contribution >= 4 is 15.7 Å². The maximum Gasteiger partial charge on any atom is 0.238 e. The highest BCUT2D eigenvalue weighted by Gasteiger charge is 2.57. The second-order valence-electron chi connectivity index (χ2n) is 7.04. The molecule has 3 rings (SSSR count). The number of pyridine rings is 1. The first-order valence-electron chi connectivity index (χ1n) is 7.99. The zero-order valence-corrected chi connectivity index (χ0v) is 15.0. The molecule has 1 aromatic carbocycles. The number of aromatic nitrogens is 1. The summed E-state index contributed by atoms with van der Waals surface area (Å²) in [4.78, 5) is 4.45. The molecule has 5 nitrogen and oxygen atoms in total. The SMILES string of the molecule is Cc1ncccc1NC[C@H]1[C@H](c2ccc(S(N)(=O)=O)cc2)C1(C)C. The van der Waals surface area contributed by atoms with Crippen LogP contribution < -0.4 is 10.5 Å². The number of anilines is 1. The van der Waals surface area contributed by atoms with Gasteiger partial charge in [-0.05, 0) is 54.0 Å². The Kier molecular flexibility index (Phi) is 4.13. The van der Waals surface area contributed by atoms with Crippen molar-refractivity contribution in [2.75, 3.05) is 11.9 Å². The van der Waals surface area contributed by atoms with Gasteiger partial charge in [-0.25, -0.2) is 13.6 Å². The van der Waals surface area contributed by atoms with Gasteiger partial charge in [-0.1, -0.05) is 26.0 Å². The van der Waals surface area contributed by atoms with E-state index in [1.807, 2.05) is 31.2 Å². The van der Waals surface area contributed by atoms with E-state index in [9.17, 15) is 8.42 Å². The van der Waals surface area contributed by atoms with Crippen LogP contribution in [0.2, 0.25) is 0 Å². The number of sulfonamides is 1. The van der Waals surface area contributed by atoms with Crippen molar-refractivity contribution in [2.24, 2.45) is 16.5 Å². The first kappa shape index (κ1) is 16.9. The third kappa shape index (κ3) is 3.16. The predicted molar refractivity (Wildman–Crippen MR) is 95.3 cm³/mol. The van der Waals surface area contributed by atoms with Crippen LogP contribution in [0.4, 0.5) is 5.69 Å². The van der Waals surface area contributed by atoms with Crippen molar-refractivity contribution in [3.63, 3.8) is 0 Å². The van der Waals surface area contributed by atoms with E-state index in [-0.39, 0.29) is 10.3 Å². The predicted octanol–water partition coefficient (Wildman–Crippen LogP) is 2.89. The molecule has 0 amide bonds. The van der Waals surface area contributed by atoms with E-state index in [4.69, 9.17) is 5.14 Å². The third-order valence-electron chi connectivity index (χ3n) is 5.14. The molecule has 2 aromatic rings. The van der Waals surface area contributed by atoms with Gasteiger partial charge in [0, 0.05) is 12.7 Å². The van der Waals surface area contributed by atoms with Crippen LogP contribution in [0.25, 0.3) is 0 Å². The average Bonchev–Trinajstić information content (AvgIpc) is 3.07. The highest BCUT2D eigenvalue weighted by molar-refractivity contribution is 7.89. The molecule has 0 saturated heterocycles. The number of primary sulfonamides is 1. The molecule has 24 heavy (non-hydrogen) atoms. The molecule has 1 aromatic heterocycles. The molecule has 128 valence electrons. The molecule has 1 heterocycles. The first-order chi connectivity index (χ1) is 11.2. The maximum atomic E-state index is 11.4. The zero-order valence-electron chi connectivity index (χ0n) is 14.2. The Morgan fingerprint density at radius 2 is 1.88 bits per heavy atom. The van der Waals surface area contributed by atoms with Gasteiger partial charge in [-0.2, -0.15) is 0 Å². The van der Waals surface area contributed by atoms with Crippen molar-refractivity contribution < 1.29 is 8.42 Å². The standard InChI is InChI=1S/C18H23N3O2S/c1-12-16(5-4-10-20-12)21-11-15-17(18(15,2)3)13-6-8-14(9-7-13)24(19,22)23/h4-10,15,17,21H,11H2,1-3H3,(H2,19,22,23)/t15-,17-/m0/s1. The summed E-state index contributed by atoms with van der Waals surface area (Å²) in [6.45, 7) is 7.34. The molecule has 0 unspecified atom stereocenters. The van der Waals surface area contributed by atoms with Crippen LogP contribution in [0.5, 0.6) is 0 Å². The maximum absolute atomic E-state index is 11.4. The minimum atomic E-state index is -3.64. The normalized spacial score (nSPS) is 22.2. The molecule has 3 N–H and O–H groups in total. The Morgan fingerprint density at radius 1 is 1.21 bits per heavy atom. The van der Waals surface area contributed by atoms with Crippen LogP contribution in [0.1, 0.15) is 31.0 Å². The second kappa shape index (κ2) is 5.86. The molecule has 6 heteroatoms. The molecular weight excluding hydrogens is 322 g/mol. The lowest BCUT2D eigenvalue weighted by atomic mass is 10.0. The molecule has 1 saturated carbocycles. The monoisotopic (exact) mass is 345 g/mol.